The lowest BCUT2D eigenvalue weighted by atomic mass is 9.90. The second-order valence-electron chi connectivity index (χ2n) is 5.23. The van der Waals surface area contributed by atoms with Gasteiger partial charge in [-0.25, -0.2) is 0 Å². The molecule has 6 nitrogen and oxygen atoms in total. The molecule has 0 fully saturated rings. The lowest BCUT2D eigenvalue weighted by molar-refractivity contribution is -0.0152. The van der Waals surface area contributed by atoms with Crippen molar-refractivity contribution in [3.8, 4) is 0 Å². The number of aliphatic hydroxyl groups excluding tert-OH is 1. The van der Waals surface area contributed by atoms with Gasteiger partial charge in [-0.1, -0.05) is 41.6 Å². The van der Waals surface area contributed by atoms with E-state index in [1.165, 1.54) is 11.1 Å². The second kappa shape index (κ2) is 6.74. The highest BCUT2D eigenvalue weighted by Gasteiger charge is 2.14. The molecule has 1 unspecified atom stereocenters. The van der Waals surface area contributed by atoms with E-state index in [4.69, 9.17) is 19.5 Å². The van der Waals surface area contributed by atoms with Gasteiger partial charge < -0.3 is 24.8 Å². The van der Waals surface area contributed by atoms with Gasteiger partial charge in [0.25, 0.3) is 0 Å². The zero-order chi connectivity index (χ0) is 15.4. The summed E-state index contributed by atoms with van der Waals surface area (Å²) >= 11 is 0. The predicted octanol–water partition coefficient (Wildman–Crippen LogP) is 1.76. The van der Waals surface area contributed by atoms with Crippen LogP contribution in [0.3, 0.4) is 0 Å². The van der Waals surface area contributed by atoms with E-state index < -0.39 is 6.41 Å². The molecule has 1 aromatic heterocycles. The van der Waals surface area contributed by atoms with Crippen molar-refractivity contribution in [1.29, 1.82) is 0 Å². The molecule has 1 heterocycles. The molecule has 0 radical (unpaired) electrons. The Balaban J connectivity index is 1.47. The predicted molar refractivity (Wildman–Crippen MR) is 80.7 cm³/mol. The van der Waals surface area contributed by atoms with Gasteiger partial charge in [-0.05, 0) is 17.5 Å². The quantitative estimate of drug-likeness (QED) is 0.705. The molecule has 3 rings (SSSR count). The summed E-state index contributed by atoms with van der Waals surface area (Å²) in [5.41, 5.74) is 2.61. The Morgan fingerprint density at radius 3 is 3.09 bits per heavy atom. The van der Waals surface area contributed by atoms with Crippen molar-refractivity contribution in [3.63, 3.8) is 0 Å². The summed E-state index contributed by atoms with van der Waals surface area (Å²) in [6, 6.07) is 9.92. The van der Waals surface area contributed by atoms with Gasteiger partial charge in [0.15, 0.2) is 11.6 Å². The molecule has 2 aromatic rings. The number of benzene rings is 1. The molecule has 0 aliphatic heterocycles. The third-order valence-corrected chi connectivity index (χ3v) is 3.50. The van der Waals surface area contributed by atoms with E-state index in [0.29, 0.717) is 24.9 Å². The number of nitrogens with one attached hydrogen (secondary N) is 1. The maximum absolute atomic E-state index is 8.77. The van der Waals surface area contributed by atoms with Crippen molar-refractivity contribution in [3.05, 3.63) is 53.3 Å². The Bertz CT molecular complexity index is 651. The van der Waals surface area contributed by atoms with E-state index in [9.17, 15) is 0 Å². The molecule has 0 spiro atoms. The summed E-state index contributed by atoms with van der Waals surface area (Å²) in [5, 5.41) is 23.5. The van der Waals surface area contributed by atoms with Crippen LogP contribution in [0.5, 0.6) is 0 Å². The summed E-state index contributed by atoms with van der Waals surface area (Å²) < 4.78 is 10.7. The van der Waals surface area contributed by atoms with Crippen LogP contribution in [0, 0.1) is 5.92 Å². The van der Waals surface area contributed by atoms with E-state index in [1.807, 2.05) is 6.07 Å². The van der Waals surface area contributed by atoms with Crippen LogP contribution in [0.2, 0.25) is 0 Å². The summed E-state index contributed by atoms with van der Waals surface area (Å²) in [7, 11) is 0. The number of nitrogens with zero attached hydrogens (tertiary/aromatic N) is 1. The highest BCUT2D eigenvalue weighted by molar-refractivity contribution is 5.56. The van der Waals surface area contributed by atoms with Crippen molar-refractivity contribution in [2.24, 2.45) is 5.92 Å². The Kier molecular flexibility index (Phi) is 4.53. The number of ether oxygens (including phenoxy) is 1. The number of aliphatic hydroxyl groups is 2. The maximum Gasteiger partial charge on any atom is 0.234 e. The SMILES string of the molecule is OC(O)Nc1cc(COCC2C=Cc3ccccc3C2)on1. The highest BCUT2D eigenvalue weighted by Crippen LogP contribution is 2.23. The normalized spacial score (nSPS) is 16.8. The van der Waals surface area contributed by atoms with Gasteiger partial charge >= 0.3 is 0 Å². The molecule has 0 saturated carbocycles. The Labute approximate surface area is 128 Å². The third kappa shape index (κ3) is 3.73. The zero-order valence-corrected chi connectivity index (χ0v) is 12.0. The van der Waals surface area contributed by atoms with Gasteiger partial charge in [0.05, 0.1) is 6.61 Å². The molecule has 0 saturated heterocycles. The fourth-order valence-electron chi connectivity index (χ4n) is 2.48. The molecular weight excluding hydrogens is 284 g/mol. The molecule has 1 aliphatic carbocycles. The monoisotopic (exact) mass is 302 g/mol. The Hall–Kier alpha value is -2.15. The fourth-order valence-corrected chi connectivity index (χ4v) is 2.48. The number of hydrogen-bond acceptors (Lipinski definition) is 6. The van der Waals surface area contributed by atoms with E-state index in [0.717, 1.165) is 6.42 Å². The van der Waals surface area contributed by atoms with Crippen molar-refractivity contribution in [2.45, 2.75) is 19.4 Å². The first-order valence-corrected chi connectivity index (χ1v) is 7.13. The number of aromatic nitrogens is 1. The number of hydrogen-bond donors (Lipinski definition) is 3. The minimum absolute atomic E-state index is 0.264. The Morgan fingerprint density at radius 1 is 1.36 bits per heavy atom. The van der Waals surface area contributed by atoms with Gasteiger partial charge in [0.1, 0.15) is 6.61 Å². The largest absolute Gasteiger partial charge is 0.373 e. The first kappa shape index (κ1) is 14.8. The van der Waals surface area contributed by atoms with E-state index in [1.54, 1.807) is 6.07 Å². The molecule has 1 aromatic carbocycles. The molecule has 0 amide bonds. The average Bonchev–Trinajstić information content (AvgIpc) is 2.94. The van der Waals surface area contributed by atoms with Crippen LogP contribution < -0.4 is 5.32 Å². The topological polar surface area (TPSA) is 87.8 Å². The lowest BCUT2D eigenvalue weighted by Crippen LogP contribution is -2.16. The van der Waals surface area contributed by atoms with Gasteiger partial charge in [-0.2, -0.15) is 0 Å². The van der Waals surface area contributed by atoms with Crippen molar-refractivity contribution in [1.82, 2.24) is 5.16 Å². The maximum atomic E-state index is 8.77. The number of rotatable bonds is 6. The van der Waals surface area contributed by atoms with Crippen LogP contribution in [0.1, 0.15) is 16.9 Å². The molecule has 3 N–H and O–H groups in total. The molecular formula is C16H18N2O4. The molecule has 1 atom stereocenters. The third-order valence-electron chi connectivity index (χ3n) is 3.50. The standard InChI is InChI=1S/C16H18N2O4/c19-16(20)17-15-8-14(22-18-15)10-21-9-11-5-6-12-3-1-2-4-13(12)7-11/h1-6,8,11,16,19-20H,7,9-10H2,(H,17,18). The van der Waals surface area contributed by atoms with Crippen LogP contribution >= 0.6 is 0 Å². The molecule has 0 bridgehead atoms. The molecule has 116 valence electrons. The van der Waals surface area contributed by atoms with Crippen LogP contribution in [0.4, 0.5) is 5.82 Å². The minimum atomic E-state index is -1.66. The first-order valence-electron chi connectivity index (χ1n) is 7.13. The number of anilines is 1. The lowest BCUT2D eigenvalue weighted by Gasteiger charge is -2.18. The second-order valence-corrected chi connectivity index (χ2v) is 5.23. The van der Waals surface area contributed by atoms with Crippen LogP contribution in [-0.4, -0.2) is 28.4 Å². The smallest absolute Gasteiger partial charge is 0.234 e. The van der Waals surface area contributed by atoms with Gasteiger partial charge in [-0.15, -0.1) is 0 Å². The summed E-state index contributed by atoms with van der Waals surface area (Å²) in [4.78, 5) is 0. The molecule has 22 heavy (non-hydrogen) atoms. The van der Waals surface area contributed by atoms with Gasteiger partial charge in [0, 0.05) is 12.0 Å². The van der Waals surface area contributed by atoms with Gasteiger partial charge in [0.2, 0.25) is 6.41 Å². The number of fused-ring (bicyclic) bond motifs is 1. The molecule has 1 aliphatic rings. The van der Waals surface area contributed by atoms with Crippen LogP contribution in [-0.2, 0) is 17.8 Å². The fraction of sp³-hybridized carbons (Fsp3) is 0.312. The highest BCUT2D eigenvalue weighted by atomic mass is 16.5. The van der Waals surface area contributed by atoms with E-state index >= 15 is 0 Å². The van der Waals surface area contributed by atoms with Crippen molar-refractivity contribution in [2.75, 3.05) is 11.9 Å². The van der Waals surface area contributed by atoms with Gasteiger partial charge in [-0.3, -0.25) is 0 Å². The first-order chi connectivity index (χ1) is 10.7. The molecule has 6 heteroatoms. The Morgan fingerprint density at radius 2 is 2.23 bits per heavy atom. The summed E-state index contributed by atoms with van der Waals surface area (Å²) in [5.74, 6) is 1.14. The van der Waals surface area contributed by atoms with E-state index in [-0.39, 0.29) is 5.82 Å². The minimum Gasteiger partial charge on any atom is -0.373 e. The van der Waals surface area contributed by atoms with Crippen LogP contribution in [0.25, 0.3) is 6.08 Å². The average molecular weight is 302 g/mol. The van der Waals surface area contributed by atoms with Crippen molar-refractivity contribution >= 4 is 11.9 Å². The van der Waals surface area contributed by atoms with Crippen LogP contribution in [0.15, 0.2) is 40.9 Å². The van der Waals surface area contributed by atoms with E-state index in [2.05, 4.69) is 40.8 Å². The van der Waals surface area contributed by atoms with Crippen molar-refractivity contribution < 1.29 is 19.5 Å². The zero-order valence-electron chi connectivity index (χ0n) is 12.0. The summed E-state index contributed by atoms with van der Waals surface area (Å²) in [6.07, 6.45) is 3.60. The summed E-state index contributed by atoms with van der Waals surface area (Å²) in [6.45, 7) is 0.888.